The zero-order valence-electron chi connectivity index (χ0n) is 9.82. The number of rotatable bonds is 4. The van der Waals surface area contributed by atoms with E-state index in [1.54, 1.807) is 0 Å². The number of nitrogens with zero attached hydrogens (tertiary/aromatic N) is 1. The van der Waals surface area contributed by atoms with Crippen LogP contribution < -0.4 is 4.74 Å². The quantitative estimate of drug-likeness (QED) is 0.616. The Bertz CT molecular complexity index is 426. The first kappa shape index (κ1) is 14.3. The first-order valence-corrected chi connectivity index (χ1v) is 5.07. The van der Waals surface area contributed by atoms with Crippen molar-refractivity contribution in [3.8, 4) is 5.75 Å². The van der Waals surface area contributed by atoms with Gasteiger partial charge in [0.1, 0.15) is 12.4 Å². The van der Waals surface area contributed by atoms with Gasteiger partial charge < -0.3 is 4.74 Å². The molecule has 18 heavy (non-hydrogen) atoms. The normalized spacial score (nSPS) is 12.3. The van der Waals surface area contributed by atoms with Crippen molar-refractivity contribution in [2.75, 3.05) is 6.61 Å². The average molecular weight is 263 g/mol. The number of halogens is 3. The molecule has 0 saturated heterocycles. The van der Waals surface area contributed by atoms with Crippen LogP contribution in [0.2, 0.25) is 0 Å². The lowest BCUT2D eigenvalue weighted by atomic mass is 9.94. The van der Waals surface area contributed by atoms with E-state index in [4.69, 9.17) is 4.74 Å². The smallest absolute Gasteiger partial charge is 0.397 e. The fourth-order valence-electron chi connectivity index (χ4n) is 1.01. The number of nitro benzene ring substituents is 1. The predicted octanol–water partition coefficient (Wildman–Crippen LogP) is 3.56. The second kappa shape index (κ2) is 4.83. The van der Waals surface area contributed by atoms with Crippen LogP contribution in [0.3, 0.4) is 0 Å². The van der Waals surface area contributed by atoms with Crippen molar-refractivity contribution in [3.05, 3.63) is 34.4 Å². The number of hydrogen-bond acceptors (Lipinski definition) is 3. The molecule has 0 unspecified atom stereocenters. The van der Waals surface area contributed by atoms with Crippen molar-refractivity contribution in [2.45, 2.75) is 20.0 Å². The van der Waals surface area contributed by atoms with E-state index in [0.717, 1.165) is 13.8 Å². The summed E-state index contributed by atoms with van der Waals surface area (Å²) in [5.41, 5.74) is -2.12. The van der Waals surface area contributed by atoms with Crippen molar-refractivity contribution in [2.24, 2.45) is 5.41 Å². The minimum absolute atomic E-state index is 0.141. The van der Waals surface area contributed by atoms with E-state index in [1.807, 2.05) is 0 Å². The van der Waals surface area contributed by atoms with E-state index in [-0.39, 0.29) is 11.4 Å². The van der Waals surface area contributed by atoms with E-state index >= 15 is 0 Å². The molecular weight excluding hydrogens is 251 g/mol. The molecule has 1 aromatic carbocycles. The summed E-state index contributed by atoms with van der Waals surface area (Å²) in [6.45, 7) is 1.51. The molecule has 0 spiro atoms. The molecule has 7 heteroatoms. The lowest BCUT2D eigenvalue weighted by Crippen LogP contribution is -2.37. The topological polar surface area (TPSA) is 52.4 Å². The molecule has 1 aromatic rings. The fraction of sp³-hybridized carbons (Fsp3) is 0.455. The summed E-state index contributed by atoms with van der Waals surface area (Å²) >= 11 is 0. The van der Waals surface area contributed by atoms with Crippen LogP contribution >= 0.6 is 0 Å². The largest absolute Gasteiger partial charge is 0.493 e. The molecule has 0 atom stereocenters. The number of non-ortho nitro benzene ring substituents is 1. The van der Waals surface area contributed by atoms with Gasteiger partial charge in [-0.2, -0.15) is 13.2 Å². The minimum Gasteiger partial charge on any atom is -0.493 e. The number of alkyl halides is 3. The van der Waals surface area contributed by atoms with Gasteiger partial charge in [0.05, 0.1) is 10.3 Å². The second-order valence-corrected chi connectivity index (χ2v) is 4.42. The van der Waals surface area contributed by atoms with Crippen molar-refractivity contribution >= 4 is 5.69 Å². The van der Waals surface area contributed by atoms with Crippen LogP contribution in [-0.2, 0) is 0 Å². The highest BCUT2D eigenvalue weighted by molar-refractivity contribution is 5.35. The van der Waals surface area contributed by atoms with E-state index < -0.39 is 23.1 Å². The summed E-state index contributed by atoms with van der Waals surface area (Å²) in [5, 5.41) is 10.4. The zero-order chi connectivity index (χ0) is 14.0. The van der Waals surface area contributed by atoms with Crippen LogP contribution in [0.4, 0.5) is 18.9 Å². The molecule has 4 nitrogen and oxygen atoms in total. The van der Waals surface area contributed by atoms with Gasteiger partial charge in [0.25, 0.3) is 5.69 Å². The highest BCUT2D eigenvalue weighted by atomic mass is 19.4. The molecule has 100 valence electrons. The summed E-state index contributed by atoms with van der Waals surface area (Å²) in [4.78, 5) is 9.78. The lowest BCUT2D eigenvalue weighted by molar-refractivity contribution is -0.384. The van der Waals surface area contributed by atoms with Crippen LogP contribution in [0.5, 0.6) is 5.75 Å². The Kier molecular flexibility index (Phi) is 3.83. The van der Waals surface area contributed by atoms with Gasteiger partial charge in [-0.25, -0.2) is 0 Å². The molecule has 0 amide bonds. The van der Waals surface area contributed by atoms with E-state index in [2.05, 4.69) is 0 Å². The minimum atomic E-state index is -4.37. The van der Waals surface area contributed by atoms with Gasteiger partial charge in [0.15, 0.2) is 0 Å². The molecule has 0 aliphatic heterocycles. The van der Waals surface area contributed by atoms with Gasteiger partial charge in [-0.15, -0.1) is 0 Å². The van der Waals surface area contributed by atoms with E-state index in [1.165, 1.54) is 24.3 Å². The van der Waals surface area contributed by atoms with Crippen LogP contribution in [-0.4, -0.2) is 17.7 Å². The fourth-order valence-corrected chi connectivity index (χ4v) is 1.01. The molecular formula is C11H12F3NO3. The van der Waals surface area contributed by atoms with Gasteiger partial charge in [-0.1, -0.05) is 0 Å². The summed E-state index contributed by atoms with van der Waals surface area (Å²) in [7, 11) is 0. The van der Waals surface area contributed by atoms with Crippen molar-refractivity contribution in [1.29, 1.82) is 0 Å². The number of ether oxygens (including phenoxy) is 1. The maximum absolute atomic E-state index is 12.5. The Balaban J connectivity index is 2.67. The zero-order valence-corrected chi connectivity index (χ0v) is 9.82. The van der Waals surface area contributed by atoms with Gasteiger partial charge >= 0.3 is 6.18 Å². The van der Waals surface area contributed by atoms with Crippen molar-refractivity contribution in [3.63, 3.8) is 0 Å². The predicted molar refractivity (Wildman–Crippen MR) is 58.4 cm³/mol. The first-order chi connectivity index (χ1) is 8.13. The van der Waals surface area contributed by atoms with Gasteiger partial charge in [-0.05, 0) is 26.0 Å². The Morgan fingerprint density at radius 3 is 2.11 bits per heavy atom. The van der Waals surface area contributed by atoms with E-state index in [9.17, 15) is 23.3 Å². The Morgan fingerprint density at radius 2 is 1.72 bits per heavy atom. The Labute approximate surface area is 102 Å². The molecule has 0 radical (unpaired) electrons. The van der Waals surface area contributed by atoms with Gasteiger partial charge in [0.2, 0.25) is 0 Å². The Hall–Kier alpha value is -1.79. The van der Waals surface area contributed by atoms with Crippen molar-refractivity contribution in [1.82, 2.24) is 0 Å². The standard InChI is InChI=1S/C11H12F3NO3/c1-10(2,11(12,13)14)7-18-9-5-3-8(4-6-9)15(16)17/h3-6H,7H2,1-2H3. The SMILES string of the molecule is CC(C)(COc1ccc([N+](=O)[O-])cc1)C(F)(F)F. The molecule has 0 fully saturated rings. The Morgan fingerprint density at radius 1 is 1.22 bits per heavy atom. The lowest BCUT2D eigenvalue weighted by Gasteiger charge is -2.27. The summed E-state index contributed by atoms with van der Waals surface area (Å²) in [6, 6.07) is 4.89. The third-order valence-corrected chi connectivity index (χ3v) is 2.41. The second-order valence-electron chi connectivity index (χ2n) is 4.42. The number of nitro groups is 1. The molecule has 0 heterocycles. The van der Waals surface area contributed by atoms with Crippen LogP contribution in [0.15, 0.2) is 24.3 Å². The van der Waals surface area contributed by atoms with E-state index in [0.29, 0.717) is 0 Å². The molecule has 1 rings (SSSR count). The summed E-state index contributed by atoms with van der Waals surface area (Å²) in [6.07, 6.45) is -4.37. The molecule has 0 saturated carbocycles. The summed E-state index contributed by atoms with van der Waals surface area (Å²) < 4.78 is 42.6. The highest BCUT2D eigenvalue weighted by Gasteiger charge is 2.47. The monoisotopic (exact) mass is 263 g/mol. The van der Waals surface area contributed by atoms with Crippen LogP contribution in [0, 0.1) is 15.5 Å². The molecule has 0 bridgehead atoms. The molecule has 0 aromatic heterocycles. The third kappa shape index (κ3) is 3.35. The van der Waals surface area contributed by atoms with Gasteiger partial charge in [-0.3, -0.25) is 10.1 Å². The van der Waals surface area contributed by atoms with Crippen LogP contribution in [0.25, 0.3) is 0 Å². The molecule has 0 aliphatic carbocycles. The number of benzene rings is 1. The maximum Gasteiger partial charge on any atom is 0.397 e. The maximum atomic E-state index is 12.5. The first-order valence-electron chi connectivity index (χ1n) is 5.07. The average Bonchev–Trinajstić information content (AvgIpc) is 2.25. The summed E-state index contributed by atoms with van der Waals surface area (Å²) in [5.74, 6) is 0.165. The number of hydrogen-bond donors (Lipinski definition) is 0. The molecule has 0 aliphatic rings. The van der Waals surface area contributed by atoms with Crippen molar-refractivity contribution < 1.29 is 22.8 Å². The van der Waals surface area contributed by atoms with Crippen LogP contribution in [0.1, 0.15) is 13.8 Å². The molecule has 0 N–H and O–H groups in total. The third-order valence-electron chi connectivity index (χ3n) is 2.41. The highest BCUT2D eigenvalue weighted by Crippen LogP contribution is 2.37. The van der Waals surface area contributed by atoms with Gasteiger partial charge in [0, 0.05) is 12.1 Å².